The lowest BCUT2D eigenvalue weighted by atomic mass is 9.44. The lowest BCUT2D eigenvalue weighted by Crippen LogP contribution is -2.69. The molecule has 3 saturated carbocycles. The van der Waals surface area contributed by atoms with Crippen LogP contribution in [0.4, 0.5) is 4.39 Å². The number of hydrogen-bond acceptors (Lipinski definition) is 10. The Balaban J connectivity index is 0.850. The van der Waals surface area contributed by atoms with E-state index in [4.69, 9.17) is 15.2 Å². The van der Waals surface area contributed by atoms with Crippen molar-refractivity contribution in [2.75, 3.05) is 13.2 Å². The van der Waals surface area contributed by atoms with E-state index in [2.05, 4.69) is 0 Å². The molecule has 4 aliphatic rings. The van der Waals surface area contributed by atoms with Crippen molar-refractivity contribution in [1.29, 1.82) is 0 Å². The second-order valence-corrected chi connectivity index (χ2v) is 18.2. The first-order chi connectivity index (χ1) is 29.5. The molecule has 9 atom stereocenters. The Bertz CT molecular complexity index is 2510. The molecular formula is C51H52FNO9. The molecule has 322 valence electrons. The molecule has 4 N–H and O–H groups in total. The fraction of sp³-hybridized carbons (Fsp3) is 0.392. The van der Waals surface area contributed by atoms with Crippen molar-refractivity contribution >= 4 is 40.1 Å². The van der Waals surface area contributed by atoms with Crippen LogP contribution >= 0.6 is 0 Å². The molecule has 0 saturated heterocycles. The number of benzene rings is 4. The highest BCUT2D eigenvalue weighted by molar-refractivity contribution is 6.01. The zero-order valence-corrected chi connectivity index (χ0v) is 35.1. The molecule has 11 heteroatoms. The van der Waals surface area contributed by atoms with Gasteiger partial charge in [-0.3, -0.25) is 14.4 Å². The maximum absolute atomic E-state index is 17.5. The Kier molecular flexibility index (Phi) is 11.3. The van der Waals surface area contributed by atoms with Gasteiger partial charge in [-0.25, -0.2) is 14.0 Å². The van der Waals surface area contributed by atoms with Gasteiger partial charge >= 0.3 is 11.9 Å². The van der Waals surface area contributed by atoms with Gasteiger partial charge in [0, 0.05) is 29.7 Å². The number of nitrogens with two attached hydrogens (primary N) is 1. The summed E-state index contributed by atoms with van der Waals surface area (Å²) in [7, 11) is 0. The third-order valence-corrected chi connectivity index (χ3v) is 14.9. The smallest absolute Gasteiger partial charge is 0.338 e. The summed E-state index contributed by atoms with van der Waals surface area (Å²) >= 11 is 0. The number of ether oxygens (including phenoxy) is 2. The molecule has 0 bridgehead atoms. The number of rotatable bonds is 12. The molecular weight excluding hydrogens is 790 g/mol. The van der Waals surface area contributed by atoms with E-state index in [1.54, 1.807) is 39.0 Å². The van der Waals surface area contributed by atoms with Crippen LogP contribution in [-0.4, -0.2) is 70.0 Å². The minimum absolute atomic E-state index is 0.00795. The molecule has 4 aromatic carbocycles. The minimum Gasteiger partial charge on any atom is -0.457 e. The van der Waals surface area contributed by atoms with Crippen molar-refractivity contribution in [2.45, 2.75) is 82.8 Å². The summed E-state index contributed by atoms with van der Waals surface area (Å²) in [5, 5.41) is 26.0. The normalized spacial score (nSPS) is 30.4. The van der Waals surface area contributed by atoms with Crippen LogP contribution in [0.1, 0.15) is 89.8 Å². The first-order valence-corrected chi connectivity index (χ1v) is 21.3. The standard InChI is InChI=1S/C51H52FNO9/c1-30-22-42-41-19-18-38-25-39(54)20-21-48(38,2)50(41,52)44(56)26-49(42,3)51(30,60)45(57)29-62-47(59)36-16-14-35(15-17-36)46(58)61-28-31-8-12-34(13-9-31)40(27-53)43(55)24-32-10-11-33-6-4-5-7-37(33)23-32/h4-17,20-21,23,25,30,40-42,44,56,60H,18-19,22,24,26-29,53H2,1-3H3/t30-,40?,41+,42+,44+,48+,49+,50+,51+/m1/s1. The molecule has 4 aromatic rings. The van der Waals surface area contributed by atoms with Crippen LogP contribution in [0, 0.1) is 28.6 Å². The topological polar surface area (TPSA) is 170 Å². The second-order valence-electron chi connectivity index (χ2n) is 18.2. The van der Waals surface area contributed by atoms with Gasteiger partial charge in [-0.15, -0.1) is 0 Å². The molecule has 10 nitrogen and oxygen atoms in total. The van der Waals surface area contributed by atoms with Crippen LogP contribution in [0.3, 0.4) is 0 Å². The molecule has 0 radical (unpaired) electrons. The van der Waals surface area contributed by atoms with E-state index < -0.39 is 76.2 Å². The summed E-state index contributed by atoms with van der Waals surface area (Å²) in [5.41, 5.74) is 2.79. The number of aliphatic hydroxyl groups excluding tert-OH is 1. The zero-order chi connectivity index (χ0) is 44.2. The van der Waals surface area contributed by atoms with E-state index in [0.717, 1.165) is 21.9 Å². The average molecular weight is 842 g/mol. The Morgan fingerprint density at radius 2 is 1.52 bits per heavy atom. The van der Waals surface area contributed by atoms with E-state index >= 15 is 4.39 Å². The van der Waals surface area contributed by atoms with Crippen LogP contribution in [0.2, 0.25) is 0 Å². The van der Waals surface area contributed by atoms with E-state index in [1.165, 1.54) is 36.4 Å². The van der Waals surface area contributed by atoms with E-state index in [9.17, 15) is 34.2 Å². The molecule has 0 spiro atoms. The van der Waals surface area contributed by atoms with E-state index in [-0.39, 0.29) is 48.7 Å². The van der Waals surface area contributed by atoms with Gasteiger partial charge in [0.05, 0.1) is 23.1 Å². The number of halogens is 1. The van der Waals surface area contributed by atoms with Crippen LogP contribution < -0.4 is 5.73 Å². The fourth-order valence-electron chi connectivity index (χ4n) is 11.4. The summed E-state index contributed by atoms with van der Waals surface area (Å²) in [5.74, 6) is -4.67. The maximum Gasteiger partial charge on any atom is 0.338 e. The Labute approximate surface area is 360 Å². The van der Waals surface area contributed by atoms with Crippen molar-refractivity contribution in [3.8, 4) is 0 Å². The van der Waals surface area contributed by atoms with Crippen molar-refractivity contribution in [2.24, 2.45) is 34.3 Å². The first kappa shape index (κ1) is 43.0. The van der Waals surface area contributed by atoms with Crippen LogP contribution in [0.5, 0.6) is 0 Å². The van der Waals surface area contributed by atoms with Gasteiger partial charge in [-0.2, -0.15) is 0 Å². The third-order valence-electron chi connectivity index (χ3n) is 14.9. The Hall–Kier alpha value is -5.62. The van der Waals surface area contributed by atoms with Gasteiger partial charge in [0.25, 0.3) is 0 Å². The van der Waals surface area contributed by atoms with Crippen LogP contribution in [0.15, 0.2) is 115 Å². The number of fused-ring (bicyclic) bond motifs is 6. The molecule has 4 aliphatic carbocycles. The molecule has 8 rings (SSSR count). The summed E-state index contributed by atoms with van der Waals surface area (Å²) in [4.78, 5) is 65.5. The van der Waals surface area contributed by atoms with Crippen molar-refractivity contribution < 1.29 is 48.0 Å². The van der Waals surface area contributed by atoms with Crippen molar-refractivity contribution in [1.82, 2.24) is 0 Å². The second kappa shape index (κ2) is 16.3. The number of allylic oxidation sites excluding steroid dienone is 4. The molecule has 62 heavy (non-hydrogen) atoms. The minimum atomic E-state index is -2.11. The van der Waals surface area contributed by atoms with Gasteiger partial charge in [-0.1, -0.05) is 92.2 Å². The molecule has 0 aliphatic heterocycles. The quantitative estimate of drug-likeness (QED) is 0.125. The third kappa shape index (κ3) is 7.04. The molecule has 0 heterocycles. The highest BCUT2D eigenvalue weighted by atomic mass is 19.1. The van der Waals surface area contributed by atoms with E-state index in [0.29, 0.717) is 30.4 Å². The predicted molar refractivity (Wildman–Crippen MR) is 230 cm³/mol. The zero-order valence-electron chi connectivity index (χ0n) is 35.1. The Morgan fingerprint density at radius 3 is 2.19 bits per heavy atom. The first-order valence-electron chi connectivity index (χ1n) is 21.3. The highest BCUT2D eigenvalue weighted by Gasteiger charge is 2.75. The Morgan fingerprint density at radius 1 is 0.871 bits per heavy atom. The number of aliphatic hydroxyl groups is 2. The monoisotopic (exact) mass is 841 g/mol. The molecule has 0 amide bonds. The maximum atomic E-state index is 17.5. The predicted octanol–water partition coefficient (Wildman–Crippen LogP) is 7.12. The number of alkyl halides is 1. The van der Waals surface area contributed by atoms with Gasteiger partial charge in [-0.05, 0) is 108 Å². The number of hydrogen-bond donors (Lipinski definition) is 3. The van der Waals surface area contributed by atoms with Crippen molar-refractivity contribution in [3.63, 3.8) is 0 Å². The average Bonchev–Trinajstić information content (AvgIpc) is 3.47. The molecule has 0 aromatic heterocycles. The van der Waals surface area contributed by atoms with Gasteiger partial charge in [0.2, 0.25) is 5.78 Å². The molecule has 3 fully saturated rings. The fourth-order valence-corrected chi connectivity index (χ4v) is 11.4. The SMILES string of the molecule is C[C@@H]1C[C@H]2[C@@H]3CCC4=CC(=O)C=C[C@]4(C)[C@@]3(F)[C@@H](O)C[C@]2(C)[C@@]1(O)C(=O)COC(=O)c1ccc(C(=O)OCc2ccc(C(CN)C(=O)Cc3ccc4ccccc4c3)cc2)cc1. The van der Waals surface area contributed by atoms with Gasteiger partial charge < -0.3 is 25.4 Å². The summed E-state index contributed by atoms with van der Waals surface area (Å²) < 4.78 is 28.4. The van der Waals surface area contributed by atoms with Crippen molar-refractivity contribution in [3.05, 3.63) is 143 Å². The summed E-state index contributed by atoms with van der Waals surface area (Å²) in [6.07, 6.45) is 4.04. The number of ketones is 3. The highest BCUT2D eigenvalue weighted by Crippen LogP contribution is 2.70. The molecule has 1 unspecified atom stereocenters. The van der Waals surface area contributed by atoms with Gasteiger partial charge in [0.1, 0.15) is 18.0 Å². The lowest BCUT2D eigenvalue weighted by molar-refractivity contribution is -0.219. The lowest BCUT2D eigenvalue weighted by Gasteiger charge is -2.62. The van der Waals surface area contributed by atoms with Gasteiger partial charge in [0.15, 0.2) is 18.1 Å². The number of Topliss-reactive ketones (excluding diaryl/α,β-unsaturated/α-hetero) is 2. The van der Waals surface area contributed by atoms with E-state index in [1.807, 2.05) is 54.6 Å². The number of esters is 2. The largest absolute Gasteiger partial charge is 0.457 e. The number of carbonyl (C=O) groups excluding carboxylic acids is 5. The number of carbonyl (C=O) groups is 5. The summed E-state index contributed by atoms with van der Waals surface area (Å²) in [6.45, 7) is 4.53. The van der Waals surface area contributed by atoms with Crippen LogP contribution in [-0.2, 0) is 36.9 Å². The van der Waals surface area contributed by atoms with Crippen LogP contribution in [0.25, 0.3) is 10.8 Å². The summed E-state index contributed by atoms with van der Waals surface area (Å²) in [6, 6.07) is 26.7.